The van der Waals surface area contributed by atoms with Crippen LogP contribution in [0.25, 0.3) is 0 Å². The number of hydrogen-bond donors (Lipinski definition) is 3. The summed E-state index contributed by atoms with van der Waals surface area (Å²) >= 11 is 0. The smallest absolute Gasteiger partial charge is 0.264 e. The second-order valence-corrected chi connectivity index (χ2v) is 6.22. The third-order valence-electron chi connectivity index (χ3n) is 3.03. The van der Waals surface area contributed by atoms with E-state index in [1.807, 2.05) is 6.92 Å². The highest BCUT2D eigenvalue weighted by molar-refractivity contribution is 7.90. The summed E-state index contributed by atoms with van der Waals surface area (Å²) in [6, 6.07) is 6.72. The molecule has 19 heavy (non-hydrogen) atoms. The van der Waals surface area contributed by atoms with Crippen LogP contribution in [0.2, 0.25) is 0 Å². The fraction of sp³-hybridized carbons (Fsp3) is 0.417. The normalized spacial score (nSPS) is 19.5. The highest BCUT2D eigenvalue weighted by Crippen LogP contribution is 2.09. The molecule has 0 radical (unpaired) electrons. The first-order valence-electron chi connectivity index (χ1n) is 6.22. The molecule has 1 unspecified atom stereocenters. The maximum Gasteiger partial charge on any atom is 0.264 e. The monoisotopic (exact) mass is 283 g/mol. The first-order chi connectivity index (χ1) is 9.01. The minimum Gasteiger partial charge on any atom is -0.309 e. The topological polar surface area (TPSA) is 75.0 Å². The van der Waals surface area contributed by atoms with Gasteiger partial charge in [-0.2, -0.15) is 4.99 Å². The lowest BCUT2D eigenvalue weighted by Crippen LogP contribution is -3.14. The summed E-state index contributed by atoms with van der Waals surface area (Å²) in [6.45, 7) is 6.18. The van der Waals surface area contributed by atoms with Crippen molar-refractivity contribution in [3.8, 4) is 0 Å². The zero-order valence-electron chi connectivity index (χ0n) is 11.1. The van der Waals surface area contributed by atoms with Crippen molar-refractivity contribution in [3.05, 3.63) is 29.8 Å². The minimum atomic E-state index is -3.55. The van der Waals surface area contributed by atoms with Gasteiger partial charge < -0.3 is 5.32 Å². The summed E-state index contributed by atoms with van der Waals surface area (Å²) < 4.78 is 26.7. The average molecular weight is 283 g/mol. The second-order valence-electron chi connectivity index (χ2n) is 4.54. The Morgan fingerprint density at radius 2 is 2.05 bits per heavy atom. The van der Waals surface area contributed by atoms with Gasteiger partial charge >= 0.3 is 0 Å². The van der Waals surface area contributed by atoms with Gasteiger partial charge in [0, 0.05) is 0 Å². The van der Waals surface area contributed by atoms with Gasteiger partial charge in [-0.15, -0.1) is 0 Å². The molecular weight excluding hydrogens is 264 g/mol. The van der Waals surface area contributed by atoms with Crippen molar-refractivity contribution in [2.75, 3.05) is 19.9 Å². The molecule has 6 nitrogen and oxygen atoms in total. The van der Waals surface area contributed by atoms with Crippen LogP contribution in [0.3, 0.4) is 0 Å². The minimum absolute atomic E-state index is 0.243. The SMILES string of the molecule is CC[NH+]1CN=C(NS(=O)(=O)c2ccc(C)cc2)NC1. The molecule has 0 saturated carbocycles. The number of aliphatic imine (C=N–C) groups is 1. The highest BCUT2D eigenvalue weighted by atomic mass is 32.2. The van der Waals surface area contributed by atoms with Gasteiger partial charge in [0.15, 0.2) is 13.3 Å². The standard InChI is InChI=1S/C12H18N4O2S/c1-3-16-8-13-12(14-9-16)15-19(17,18)11-6-4-10(2)5-7-11/h4-7H,3,8-9H2,1-2H3,(H2,13,14,15)/p+1. The lowest BCUT2D eigenvalue weighted by Gasteiger charge is -2.23. The first kappa shape index (κ1) is 13.8. The number of hydrogen-bond acceptors (Lipinski definition) is 4. The molecule has 0 bridgehead atoms. The summed E-state index contributed by atoms with van der Waals surface area (Å²) in [5, 5.41) is 2.98. The van der Waals surface area contributed by atoms with Crippen molar-refractivity contribution >= 4 is 16.0 Å². The number of rotatable bonds is 3. The van der Waals surface area contributed by atoms with Gasteiger partial charge in [0.25, 0.3) is 10.0 Å². The van der Waals surface area contributed by atoms with Crippen LogP contribution >= 0.6 is 0 Å². The predicted octanol–water partition coefficient (Wildman–Crippen LogP) is -0.948. The molecule has 0 fully saturated rings. The quantitative estimate of drug-likeness (QED) is 0.670. The number of quaternary nitrogens is 1. The van der Waals surface area contributed by atoms with E-state index < -0.39 is 10.0 Å². The highest BCUT2D eigenvalue weighted by Gasteiger charge is 2.19. The van der Waals surface area contributed by atoms with Gasteiger partial charge in [0.2, 0.25) is 5.96 Å². The maximum absolute atomic E-state index is 12.1. The molecule has 1 heterocycles. The van der Waals surface area contributed by atoms with Crippen molar-refractivity contribution in [3.63, 3.8) is 0 Å². The van der Waals surface area contributed by atoms with Crippen molar-refractivity contribution in [2.24, 2.45) is 4.99 Å². The Kier molecular flexibility index (Phi) is 4.06. The molecule has 1 aliphatic rings. The summed E-state index contributed by atoms with van der Waals surface area (Å²) in [6.07, 6.45) is 0. The fourth-order valence-corrected chi connectivity index (χ4v) is 2.72. The van der Waals surface area contributed by atoms with E-state index in [-0.39, 0.29) is 4.90 Å². The van der Waals surface area contributed by atoms with Crippen LogP contribution in [0.15, 0.2) is 34.2 Å². The number of nitrogens with one attached hydrogen (secondary N) is 3. The summed E-state index contributed by atoms with van der Waals surface area (Å²) in [5.74, 6) is 0.317. The van der Waals surface area contributed by atoms with E-state index in [1.165, 1.54) is 4.90 Å². The zero-order valence-corrected chi connectivity index (χ0v) is 11.9. The Bertz CT molecular complexity index is 566. The van der Waals surface area contributed by atoms with E-state index in [0.29, 0.717) is 19.3 Å². The number of benzene rings is 1. The third kappa shape index (κ3) is 3.45. The Morgan fingerprint density at radius 1 is 1.37 bits per heavy atom. The van der Waals surface area contributed by atoms with E-state index in [1.54, 1.807) is 24.3 Å². The van der Waals surface area contributed by atoms with Crippen LogP contribution in [0.4, 0.5) is 0 Å². The lowest BCUT2D eigenvalue weighted by atomic mass is 10.2. The van der Waals surface area contributed by atoms with Gasteiger partial charge in [0.05, 0.1) is 11.4 Å². The second kappa shape index (κ2) is 5.58. The van der Waals surface area contributed by atoms with Crippen molar-refractivity contribution in [1.29, 1.82) is 0 Å². The van der Waals surface area contributed by atoms with Crippen molar-refractivity contribution < 1.29 is 13.3 Å². The summed E-state index contributed by atoms with van der Waals surface area (Å²) in [7, 11) is -3.55. The predicted molar refractivity (Wildman–Crippen MR) is 73.3 cm³/mol. The summed E-state index contributed by atoms with van der Waals surface area (Å²) in [5.41, 5.74) is 1.02. The molecule has 0 aliphatic carbocycles. The molecular formula is C12H19N4O2S+. The van der Waals surface area contributed by atoms with Gasteiger partial charge in [-0.3, -0.25) is 4.90 Å². The Balaban J connectivity index is 2.10. The molecule has 104 valence electrons. The van der Waals surface area contributed by atoms with E-state index in [0.717, 1.165) is 12.1 Å². The van der Waals surface area contributed by atoms with Gasteiger partial charge in [-0.1, -0.05) is 17.7 Å². The molecule has 1 aromatic carbocycles. The molecule has 0 aromatic heterocycles. The Hall–Kier alpha value is -1.60. The van der Waals surface area contributed by atoms with E-state index in [2.05, 4.69) is 22.0 Å². The van der Waals surface area contributed by atoms with Crippen LogP contribution in [0.5, 0.6) is 0 Å². The van der Waals surface area contributed by atoms with Crippen LogP contribution in [0, 0.1) is 6.92 Å². The average Bonchev–Trinajstić information content (AvgIpc) is 2.40. The van der Waals surface area contributed by atoms with E-state index in [9.17, 15) is 8.42 Å². The zero-order chi connectivity index (χ0) is 13.9. The molecule has 2 rings (SSSR count). The Labute approximate surface area is 113 Å². The molecule has 1 atom stereocenters. The number of guanidine groups is 1. The molecule has 3 N–H and O–H groups in total. The lowest BCUT2D eigenvalue weighted by molar-refractivity contribution is -0.901. The molecule has 1 aromatic rings. The molecule has 7 heteroatoms. The van der Waals surface area contributed by atoms with E-state index in [4.69, 9.17) is 0 Å². The first-order valence-corrected chi connectivity index (χ1v) is 7.71. The van der Waals surface area contributed by atoms with Gasteiger partial charge in [-0.05, 0) is 26.0 Å². The molecule has 0 amide bonds. The van der Waals surface area contributed by atoms with Crippen LogP contribution in [-0.2, 0) is 10.0 Å². The molecule has 0 saturated heterocycles. The van der Waals surface area contributed by atoms with Crippen molar-refractivity contribution in [1.82, 2.24) is 10.0 Å². The van der Waals surface area contributed by atoms with Crippen LogP contribution in [-0.4, -0.2) is 34.3 Å². The van der Waals surface area contributed by atoms with Crippen LogP contribution < -0.4 is 14.9 Å². The van der Waals surface area contributed by atoms with Crippen molar-refractivity contribution in [2.45, 2.75) is 18.7 Å². The van der Waals surface area contributed by atoms with Gasteiger partial charge in [-0.25, -0.2) is 13.1 Å². The maximum atomic E-state index is 12.1. The number of nitrogens with zero attached hydrogens (tertiary/aromatic N) is 1. The third-order valence-corrected chi connectivity index (χ3v) is 4.38. The fourth-order valence-electron chi connectivity index (χ4n) is 1.72. The Morgan fingerprint density at radius 3 is 2.58 bits per heavy atom. The van der Waals surface area contributed by atoms with E-state index >= 15 is 0 Å². The van der Waals surface area contributed by atoms with Gasteiger partial charge in [0.1, 0.15) is 0 Å². The number of aryl methyl sites for hydroxylation is 1. The molecule has 1 aliphatic heterocycles. The number of sulfonamides is 1. The van der Waals surface area contributed by atoms with Crippen LogP contribution in [0.1, 0.15) is 12.5 Å². The summed E-state index contributed by atoms with van der Waals surface area (Å²) in [4.78, 5) is 5.69. The largest absolute Gasteiger partial charge is 0.309 e. The molecule has 0 spiro atoms.